The third kappa shape index (κ3) is 9.08. The Bertz CT molecular complexity index is 1970. The van der Waals surface area contributed by atoms with Crippen molar-refractivity contribution in [2.24, 2.45) is 0 Å². The molecular weight excluding hydrogens is 720 g/mol. The number of rotatable bonds is 13. The van der Waals surface area contributed by atoms with E-state index in [0.717, 1.165) is 30.2 Å². The molecule has 0 unspecified atom stereocenters. The van der Waals surface area contributed by atoms with E-state index in [2.05, 4.69) is 26.2 Å². The summed E-state index contributed by atoms with van der Waals surface area (Å²) >= 11 is 12.6. The third-order valence-corrected chi connectivity index (χ3v) is 11.4. The quantitative estimate of drug-likeness (QED) is 0.116. The smallest absolute Gasteiger partial charge is 0.341 e. The molecule has 0 fully saturated rings. The molecule has 0 bridgehead atoms. The minimum absolute atomic E-state index is 0.0764. The molecule has 1 aromatic heterocycles. The average molecular weight is 746 g/mol. The number of thiazole rings is 1. The minimum Gasteiger partial charge on any atom is -0.480 e. The molecule has 0 spiro atoms. The highest BCUT2D eigenvalue weighted by Gasteiger charge is 2.16. The van der Waals surface area contributed by atoms with Crippen LogP contribution < -0.4 is 10.1 Å². The molecule has 45 heavy (non-hydrogen) atoms. The molecule has 5 aromatic rings. The number of ether oxygens (including phenoxy) is 1. The van der Waals surface area contributed by atoms with Gasteiger partial charge < -0.3 is 15.2 Å². The van der Waals surface area contributed by atoms with E-state index < -0.39 is 28.3 Å². The highest BCUT2D eigenvalue weighted by Crippen LogP contribution is 2.33. The number of thioether (sulfide) groups is 1. The normalized spacial score (nSPS) is 11.4. The first kappa shape index (κ1) is 33.0. The Morgan fingerprint density at radius 1 is 1.00 bits per heavy atom. The number of amides is 1. The second kappa shape index (κ2) is 14.8. The maximum absolute atomic E-state index is 13.3. The molecule has 0 aliphatic heterocycles. The summed E-state index contributed by atoms with van der Waals surface area (Å²) in [6.07, 6.45) is 0.740. The minimum atomic E-state index is -3.50. The predicted molar refractivity (Wildman–Crippen MR) is 183 cm³/mol. The van der Waals surface area contributed by atoms with Gasteiger partial charge in [-0.15, -0.1) is 11.3 Å². The fourth-order valence-electron chi connectivity index (χ4n) is 4.40. The largest absolute Gasteiger partial charge is 0.480 e. The van der Waals surface area contributed by atoms with Crippen LogP contribution >= 0.6 is 50.6 Å². The number of benzene rings is 4. The second-order valence-electron chi connectivity index (χ2n) is 9.92. The fraction of sp³-hybridized carbons (Fsp3) is 0.156. The summed E-state index contributed by atoms with van der Waals surface area (Å²) in [5, 5.41) is 12.4. The lowest BCUT2D eigenvalue weighted by atomic mass is 10.1. The van der Waals surface area contributed by atoms with Crippen LogP contribution in [0.25, 0.3) is 10.2 Å². The van der Waals surface area contributed by atoms with Crippen LogP contribution in [0.3, 0.4) is 0 Å². The summed E-state index contributed by atoms with van der Waals surface area (Å²) in [7, 11) is -3.50. The Hall–Kier alpha value is -3.42. The van der Waals surface area contributed by atoms with Crippen LogP contribution in [-0.2, 0) is 26.8 Å². The van der Waals surface area contributed by atoms with Crippen LogP contribution in [0.15, 0.2) is 98.6 Å². The summed E-state index contributed by atoms with van der Waals surface area (Å²) in [5.41, 5.74) is 3.33. The first-order valence-electron chi connectivity index (χ1n) is 13.6. The van der Waals surface area contributed by atoms with Gasteiger partial charge in [0.05, 0.1) is 26.6 Å². The molecule has 1 heterocycles. The molecule has 0 aliphatic rings. The Morgan fingerprint density at radius 2 is 1.80 bits per heavy atom. The van der Waals surface area contributed by atoms with E-state index >= 15 is 0 Å². The summed E-state index contributed by atoms with van der Waals surface area (Å²) < 4.78 is 33.9. The summed E-state index contributed by atoms with van der Waals surface area (Å²) in [6.45, 7) is -0.586. The van der Waals surface area contributed by atoms with E-state index in [1.165, 1.54) is 24.3 Å². The van der Waals surface area contributed by atoms with E-state index in [1.54, 1.807) is 59.5 Å². The van der Waals surface area contributed by atoms with Gasteiger partial charge in [0.2, 0.25) is 0 Å². The molecule has 0 atom stereocenters. The Labute approximate surface area is 281 Å². The number of hydrogen-bond acceptors (Lipinski definition) is 8. The molecule has 0 saturated heterocycles. The van der Waals surface area contributed by atoms with Gasteiger partial charge in [0, 0.05) is 20.8 Å². The number of anilines is 1. The number of nitrogens with one attached hydrogen (secondary N) is 1. The molecule has 2 N–H and O–H groups in total. The first-order valence-corrected chi connectivity index (χ1v) is 18.2. The maximum atomic E-state index is 13.3. The topological polar surface area (TPSA) is 123 Å². The summed E-state index contributed by atoms with van der Waals surface area (Å²) in [6, 6.07) is 24.2. The predicted octanol–water partition coefficient (Wildman–Crippen LogP) is 8.13. The van der Waals surface area contributed by atoms with Crippen LogP contribution in [-0.4, -0.2) is 42.7 Å². The number of hydrogen-bond donors (Lipinski definition) is 2. The van der Waals surface area contributed by atoms with Crippen molar-refractivity contribution in [3.63, 3.8) is 0 Å². The van der Waals surface area contributed by atoms with E-state index in [-0.39, 0.29) is 16.4 Å². The van der Waals surface area contributed by atoms with Gasteiger partial charge >= 0.3 is 5.97 Å². The molecule has 232 valence electrons. The number of aliphatic carboxylic acids is 1. The van der Waals surface area contributed by atoms with Gasteiger partial charge in [0.15, 0.2) is 20.8 Å². The Kier molecular flexibility index (Phi) is 10.8. The summed E-state index contributed by atoms with van der Waals surface area (Å²) in [4.78, 5) is 29.4. The molecule has 4 aromatic carbocycles. The number of aromatic nitrogens is 1. The van der Waals surface area contributed by atoms with Gasteiger partial charge in [-0.1, -0.05) is 57.5 Å². The van der Waals surface area contributed by atoms with Crippen molar-refractivity contribution in [3.8, 4) is 5.75 Å². The molecular formula is C32H26BrClN2O6S3. The van der Waals surface area contributed by atoms with E-state index in [9.17, 15) is 18.0 Å². The van der Waals surface area contributed by atoms with Gasteiger partial charge in [-0.2, -0.15) is 0 Å². The number of sulfone groups is 1. The highest BCUT2D eigenvalue weighted by atomic mass is 79.9. The summed E-state index contributed by atoms with van der Waals surface area (Å²) in [5.74, 6) is -0.822. The average Bonchev–Trinajstić information content (AvgIpc) is 3.42. The van der Waals surface area contributed by atoms with Crippen molar-refractivity contribution in [1.29, 1.82) is 0 Å². The number of carboxylic acid groups (broad SMARTS) is 1. The zero-order chi connectivity index (χ0) is 32.0. The zero-order valence-electron chi connectivity index (χ0n) is 23.5. The number of nitrogens with zero attached hydrogens (tertiary/aromatic N) is 1. The highest BCUT2D eigenvalue weighted by molar-refractivity contribution is 9.10. The van der Waals surface area contributed by atoms with E-state index in [1.807, 2.05) is 24.3 Å². The van der Waals surface area contributed by atoms with Crippen LogP contribution in [0, 0.1) is 0 Å². The van der Waals surface area contributed by atoms with Crippen LogP contribution in [0.5, 0.6) is 5.75 Å². The van der Waals surface area contributed by atoms with Crippen molar-refractivity contribution >= 4 is 88.2 Å². The molecule has 5 rings (SSSR count). The second-order valence-corrected chi connectivity index (χ2v) is 15.6. The lowest BCUT2D eigenvalue weighted by Gasteiger charge is -2.14. The van der Waals surface area contributed by atoms with E-state index in [0.29, 0.717) is 34.9 Å². The third-order valence-electron chi connectivity index (χ3n) is 6.58. The van der Waals surface area contributed by atoms with Gasteiger partial charge in [-0.25, -0.2) is 18.2 Å². The standard InChI is InChI=1S/C32H26BrClN2O6S3/c33-23-7-13-29-27(17-23)36-32(44-29)43-19-21-3-1-5-22(15-21)31(39)35-26-16-20(6-12-28(26)42-18-30(37)38)4-2-14-45(40,41)25-10-8-24(34)9-11-25/h1,3,5-13,15-17H,2,4,14,18-19H2,(H,35,39)(H,37,38). The molecule has 0 aliphatic carbocycles. The lowest BCUT2D eigenvalue weighted by Crippen LogP contribution is -2.15. The van der Waals surface area contributed by atoms with Gasteiger partial charge in [-0.3, -0.25) is 4.79 Å². The maximum Gasteiger partial charge on any atom is 0.341 e. The lowest BCUT2D eigenvalue weighted by molar-refractivity contribution is -0.139. The molecule has 13 heteroatoms. The number of aryl methyl sites for hydroxylation is 1. The van der Waals surface area contributed by atoms with Crippen molar-refractivity contribution < 1.29 is 27.9 Å². The number of fused-ring (bicyclic) bond motifs is 1. The van der Waals surface area contributed by atoms with Crippen LogP contribution in [0.1, 0.15) is 27.9 Å². The fourth-order valence-corrected chi connectivity index (χ4v) is 8.18. The van der Waals surface area contributed by atoms with Gasteiger partial charge in [-0.05, 0) is 90.7 Å². The monoisotopic (exact) mass is 744 g/mol. The van der Waals surface area contributed by atoms with Crippen molar-refractivity contribution in [1.82, 2.24) is 4.98 Å². The van der Waals surface area contributed by atoms with Crippen LogP contribution in [0.2, 0.25) is 5.02 Å². The van der Waals surface area contributed by atoms with Crippen molar-refractivity contribution in [3.05, 3.63) is 111 Å². The van der Waals surface area contributed by atoms with Gasteiger partial charge in [0.1, 0.15) is 5.75 Å². The molecule has 0 radical (unpaired) electrons. The Balaban J connectivity index is 1.26. The first-order chi connectivity index (χ1) is 21.6. The SMILES string of the molecule is O=C(O)COc1ccc(CCCS(=O)(=O)c2ccc(Cl)cc2)cc1NC(=O)c1cccc(CSc2nc3cc(Br)ccc3s2)c1. The number of carbonyl (C=O) groups excluding carboxylic acids is 1. The molecule has 8 nitrogen and oxygen atoms in total. The molecule has 1 amide bonds. The molecule has 0 saturated carbocycles. The number of carbonyl (C=O) groups is 2. The zero-order valence-corrected chi connectivity index (χ0v) is 28.3. The van der Waals surface area contributed by atoms with Crippen LogP contribution in [0.4, 0.5) is 5.69 Å². The Morgan fingerprint density at radius 3 is 2.58 bits per heavy atom. The number of halogens is 2. The van der Waals surface area contributed by atoms with Crippen molar-refractivity contribution in [2.75, 3.05) is 17.7 Å². The van der Waals surface area contributed by atoms with Crippen molar-refractivity contribution in [2.45, 2.75) is 27.8 Å². The van der Waals surface area contributed by atoms with Gasteiger partial charge in [0.25, 0.3) is 5.91 Å². The van der Waals surface area contributed by atoms with E-state index in [4.69, 9.17) is 21.4 Å². The number of carboxylic acids is 1.